The average Bonchev–Trinajstić information content (AvgIpc) is 2.91. The van der Waals surface area contributed by atoms with E-state index in [1.54, 1.807) is 24.0 Å². The molecule has 1 heterocycles. The molecule has 0 bridgehead atoms. The lowest BCUT2D eigenvalue weighted by Crippen LogP contribution is -2.38. The Bertz CT molecular complexity index is 454. The van der Waals surface area contributed by atoms with Gasteiger partial charge in [0.25, 0.3) is 5.91 Å². The van der Waals surface area contributed by atoms with Crippen molar-refractivity contribution in [2.24, 2.45) is 16.8 Å². The number of amides is 1. The summed E-state index contributed by atoms with van der Waals surface area (Å²) < 4.78 is 5.44. The van der Waals surface area contributed by atoms with Crippen molar-refractivity contribution < 1.29 is 14.4 Å². The van der Waals surface area contributed by atoms with Crippen LogP contribution in [-0.2, 0) is 6.42 Å². The summed E-state index contributed by atoms with van der Waals surface area (Å²) >= 11 is 0. The van der Waals surface area contributed by atoms with Crippen molar-refractivity contribution in [1.82, 2.24) is 4.90 Å². The predicted molar refractivity (Wildman–Crippen MR) is 72.2 cm³/mol. The normalized spacial score (nSPS) is 13.3. The fraction of sp³-hybridized carbons (Fsp3) is 0.538. The Morgan fingerprint density at radius 3 is 2.68 bits per heavy atom. The van der Waals surface area contributed by atoms with E-state index in [0.29, 0.717) is 18.8 Å². The third-order valence-corrected chi connectivity index (χ3v) is 3.00. The summed E-state index contributed by atoms with van der Waals surface area (Å²) in [6.07, 6.45) is 0.750. The largest absolute Gasteiger partial charge is 0.456 e. The van der Waals surface area contributed by atoms with Crippen LogP contribution in [0.5, 0.6) is 0 Å². The van der Waals surface area contributed by atoms with Crippen molar-refractivity contribution >= 4 is 11.7 Å². The third-order valence-electron chi connectivity index (χ3n) is 3.00. The molecule has 0 radical (unpaired) electrons. The van der Waals surface area contributed by atoms with Gasteiger partial charge in [-0.1, -0.05) is 19.0 Å². The number of hydrogen-bond donors (Lipinski definition) is 2. The molecule has 19 heavy (non-hydrogen) atoms. The maximum atomic E-state index is 12.2. The maximum Gasteiger partial charge on any atom is 0.289 e. The molecule has 1 aromatic heterocycles. The number of carbonyl (C=O) groups is 1. The monoisotopic (exact) mass is 267 g/mol. The molecular weight excluding hydrogens is 246 g/mol. The van der Waals surface area contributed by atoms with Gasteiger partial charge >= 0.3 is 0 Å². The van der Waals surface area contributed by atoms with Gasteiger partial charge in [-0.2, -0.15) is 0 Å². The van der Waals surface area contributed by atoms with Gasteiger partial charge in [-0.25, -0.2) is 0 Å². The molecule has 1 aromatic rings. The first-order valence-corrected chi connectivity index (χ1v) is 6.38. The number of rotatable bonds is 6. The molecule has 0 aliphatic rings. The van der Waals surface area contributed by atoms with E-state index in [-0.39, 0.29) is 17.7 Å². The summed E-state index contributed by atoms with van der Waals surface area (Å²) in [6, 6.07) is 3.48. The van der Waals surface area contributed by atoms with Gasteiger partial charge in [0.1, 0.15) is 11.6 Å². The summed E-state index contributed by atoms with van der Waals surface area (Å²) in [5, 5.41) is 11.6. The maximum absolute atomic E-state index is 12.2. The molecule has 0 fully saturated rings. The quantitative estimate of drug-likeness (QED) is 0.355. The molecule has 1 amide bonds. The Hall–Kier alpha value is -1.98. The minimum Gasteiger partial charge on any atom is -0.456 e. The van der Waals surface area contributed by atoms with Crippen LogP contribution in [0.3, 0.4) is 0 Å². The van der Waals surface area contributed by atoms with Crippen LogP contribution < -0.4 is 5.73 Å². The average molecular weight is 267 g/mol. The first-order chi connectivity index (χ1) is 9.03. The molecule has 1 unspecified atom stereocenters. The Kier molecular flexibility index (Phi) is 5.41. The lowest BCUT2D eigenvalue weighted by molar-refractivity contribution is 0.0720. The Morgan fingerprint density at radius 2 is 2.21 bits per heavy atom. The standard InChI is InChI=1S/C13H21N3O3/c1-4-10-6-7-11(19-10)13(17)16(5-2)8-9(3)12(14)15-18/h6-7,9,18H,4-5,8H2,1-3H3,(H2,14,15). The van der Waals surface area contributed by atoms with E-state index >= 15 is 0 Å². The highest BCUT2D eigenvalue weighted by molar-refractivity contribution is 5.92. The van der Waals surface area contributed by atoms with Crippen molar-refractivity contribution in [1.29, 1.82) is 0 Å². The van der Waals surface area contributed by atoms with Gasteiger partial charge in [0.2, 0.25) is 0 Å². The Morgan fingerprint density at radius 1 is 1.53 bits per heavy atom. The molecule has 6 nitrogen and oxygen atoms in total. The fourth-order valence-corrected chi connectivity index (χ4v) is 1.72. The lowest BCUT2D eigenvalue weighted by Gasteiger charge is -2.23. The number of aryl methyl sites for hydroxylation is 1. The number of furan rings is 1. The summed E-state index contributed by atoms with van der Waals surface area (Å²) in [6.45, 7) is 6.55. The van der Waals surface area contributed by atoms with E-state index in [4.69, 9.17) is 15.4 Å². The van der Waals surface area contributed by atoms with Gasteiger partial charge in [-0.15, -0.1) is 0 Å². The molecule has 0 aliphatic carbocycles. The second-order valence-electron chi connectivity index (χ2n) is 4.39. The molecule has 0 spiro atoms. The van der Waals surface area contributed by atoms with E-state index in [0.717, 1.165) is 12.2 Å². The van der Waals surface area contributed by atoms with Crippen molar-refractivity contribution in [3.63, 3.8) is 0 Å². The molecule has 0 aliphatic heterocycles. The molecule has 0 saturated heterocycles. The first kappa shape index (κ1) is 15.1. The number of carbonyl (C=O) groups excluding carboxylic acids is 1. The van der Waals surface area contributed by atoms with Gasteiger partial charge in [-0.05, 0) is 19.1 Å². The van der Waals surface area contributed by atoms with E-state index in [1.165, 1.54) is 0 Å². The summed E-state index contributed by atoms with van der Waals surface area (Å²) in [5.41, 5.74) is 5.52. The van der Waals surface area contributed by atoms with Crippen LogP contribution in [0.1, 0.15) is 37.1 Å². The highest BCUT2D eigenvalue weighted by atomic mass is 16.4. The molecule has 106 valence electrons. The number of nitrogens with two attached hydrogens (primary N) is 1. The van der Waals surface area contributed by atoms with Crippen LogP contribution in [-0.4, -0.2) is 34.9 Å². The van der Waals surface area contributed by atoms with Crippen molar-refractivity contribution in [2.75, 3.05) is 13.1 Å². The van der Waals surface area contributed by atoms with Crippen LogP contribution in [0.15, 0.2) is 21.7 Å². The Balaban J connectivity index is 2.76. The zero-order chi connectivity index (χ0) is 14.4. The molecule has 0 aromatic carbocycles. The van der Waals surface area contributed by atoms with Crippen molar-refractivity contribution in [2.45, 2.75) is 27.2 Å². The molecular formula is C13H21N3O3. The number of amidine groups is 1. The zero-order valence-electron chi connectivity index (χ0n) is 11.6. The summed E-state index contributed by atoms with van der Waals surface area (Å²) in [7, 11) is 0. The minimum atomic E-state index is -0.213. The van der Waals surface area contributed by atoms with Gasteiger partial charge in [0.15, 0.2) is 5.76 Å². The number of oxime groups is 1. The van der Waals surface area contributed by atoms with Gasteiger partial charge in [-0.3, -0.25) is 4.79 Å². The van der Waals surface area contributed by atoms with E-state index in [1.807, 2.05) is 13.8 Å². The lowest BCUT2D eigenvalue weighted by atomic mass is 10.1. The second kappa shape index (κ2) is 6.82. The van der Waals surface area contributed by atoms with Gasteiger partial charge in [0.05, 0.1) is 0 Å². The zero-order valence-corrected chi connectivity index (χ0v) is 11.6. The van der Waals surface area contributed by atoms with Gasteiger partial charge < -0.3 is 20.3 Å². The van der Waals surface area contributed by atoms with E-state index in [9.17, 15) is 4.79 Å². The highest BCUT2D eigenvalue weighted by Gasteiger charge is 2.21. The molecule has 0 saturated carbocycles. The van der Waals surface area contributed by atoms with Gasteiger partial charge in [0, 0.05) is 25.4 Å². The molecule has 1 rings (SSSR count). The van der Waals surface area contributed by atoms with Crippen molar-refractivity contribution in [3.05, 3.63) is 23.7 Å². The van der Waals surface area contributed by atoms with E-state index < -0.39 is 0 Å². The second-order valence-corrected chi connectivity index (χ2v) is 4.39. The van der Waals surface area contributed by atoms with Crippen LogP contribution in [0.25, 0.3) is 0 Å². The molecule has 3 N–H and O–H groups in total. The first-order valence-electron chi connectivity index (χ1n) is 6.38. The minimum absolute atomic E-state index is 0.111. The van der Waals surface area contributed by atoms with Crippen LogP contribution in [0.4, 0.5) is 0 Å². The summed E-state index contributed by atoms with van der Waals surface area (Å²) in [4.78, 5) is 13.9. The highest BCUT2D eigenvalue weighted by Crippen LogP contribution is 2.12. The fourth-order valence-electron chi connectivity index (χ4n) is 1.72. The van der Waals surface area contributed by atoms with Crippen LogP contribution >= 0.6 is 0 Å². The van der Waals surface area contributed by atoms with Crippen LogP contribution in [0, 0.1) is 5.92 Å². The number of hydrogen-bond acceptors (Lipinski definition) is 4. The third kappa shape index (κ3) is 3.74. The predicted octanol–water partition coefficient (Wildman–Crippen LogP) is 1.69. The van der Waals surface area contributed by atoms with Crippen LogP contribution in [0.2, 0.25) is 0 Å². The summed E-state index contributed by atoms with van der Waals surface area (Å²) in [5.74, 6) is 0.823. The topological polar surface area (TPSA) is 92.1 Å². The number of nitrogens with zero attached hydrogens (tertiary/aromatic N) is 2. The SMILES string of the molecule is CCc1ccc(C(=O)N(CC)CC(C)C(N)=NO)o1. The van der Waals surface area contributed by atoms with Crippen molar-refractivity contribution in [3.8, 4) is 0 Å². The molecule has 1 atom stereocenters. The Labute approximate surface area is 112 Å². The molecule has 6 heteroatoms. The smallest absolute Gasteiger partial charge is 0.289 e. The van der Waals surface area contributed by atoms with E-state index in [2.05, 4.69) is 5.16 Å².